The third-order valence-electron chi connectivity index (χ3n) is 3.95. The van der Waals surface area contributed by atoms with Gasteiger partial charge in [0.25, 0.3) is 0 Å². The lowest BCUT2D eigenvalue weighted by Gasteiger charge is -2.30. The van der Waals surface area contributed by atoms with Crippen molar-refractivity contribution < 1.29 is 14.7 Å². The van der Waals surface area contributed by atoms with Crippen LogP contribution in [0.4, 0.5) is 10.5 Å². The molecule has 0 bridgehead atoms. The van der Waals surface area contributed by atoms with Crippen LogP contribution in [0.1, 0.15) is 28.8 Å². The van der Waals surface area contributed by atoms with Gasteiger partial charge in [0.05, 0.1) is 5.56 Å². The lowest BCUT2D eigenvalue weighted by Crippen LogP contribution is -2.47. The molecule has 2 heterocycles. The first-order valence-corrected chi connectivity index (χ1v) is 8.32. The molecule has 0 spiro atoms. The zero-order valence-corrected chi connectivity index (χ0v) is 12.5. The van der Waals surface area contributed by atoms with Gasteiger partial charge in [-0.25, -0.2) is 9.59 Å². The Kier molecular flexibility index (Phi) is 4.05. The SMILES string of the molecule is O=C(O)c1ccc2c(c1)CCCN2C(=O)NC1CCSC1. The van der Waals surface area contributed by atoms with E-state index in [0.29, 0.717) is 6.54 Å². The molecular formula is C15H18N2O3S. The maximum absolute atomic E-state index is 12.4. The molecule has 6 heteroatoms. The van der Waals surface area contributed by atoms with Crippen molar-refractivity contribution in [3.63, 3.8) is 0 Å². The number of carbonyl (C=O) groups excluding carboxylic acids is 1. The Balaban J connectivity index is 1.79. The van der Waals surface area contributed by atoms with Crippen LogP contribution in [0.3, 0.4) is 0 Å². The molecule has 0 saturated carbocycles. The van der Waals surface area contributed by atoms with Gasteiger partial charge in [0.2, 0.25) is 0 Å². The van der Waals surface area contributed by atoms with Crippen molar-refractivity contribution in [2.45, 2.75) is 25.3 Å². The maximum atomic E-state index is 12.4. The Bertz CT molecular complexity index is 570. The molecule has 2 amide bonds. The topological polar surface area (TPSA) is 69.6 Å². The number of carboxylic acids is 1. The van der Waals surface area contributed by atoms with E-state index in [2.05, 4.69) is 5.32 Å². The quantitative estimate of drug-likeness (QED) is 0.880. The summed E-state index contributed by atoms with van der Waals surface area (Å²) < 4.78 is 0. The number of aryl methyl sites for hydroxylation is 1. The fourth-order valence-corrected chi connectivity index (χ4v) is 3.99. The van der Waals surface area contributed by atoms with E-state index in [1.54, 1.807) is 23.1 Å². The van der Waals surface area contributed by atoms with Gasteiger partial charge in [-0.2, -0.15) is 11.8 Å². The predicted molar refractivity (Wildman–Crippen MR) is 83.3 cm³/mol. The number of carbonyl (C=O) groups is 2. The van der Waals surface area contributed by atoms with E-state index in [4.69, 9.17) is 5.11 Å². The van der Waals surface area contributed by atoms with Crippen molar-refractivity contribution in [2.75, 3.05) is 23.0 Å². The van der Waals surface area contributed by atoms with Gasteiger partial charge < -0.3 is 10.4 Å². The molecule has 2 aliphatic heterocycles. The Hall–Kier alpha value is -1.69. The molecule has 0 aliphatic carbocycles. The first kappa shape index (κ1) is 14.3. The number of nitrogens with one attached hydrogen (secondary N) is 1. The van der Waals surface area contributed by atoms with E-state index in [1.807, 2.05) is 11.8 Å². The molecule has 112 valence electrons. The van der Waals surface area contributed by atoms with Crippen LogP contribution in [0.2, 0.25) is 0 Å². The van der Waals surface area contributed by atoms with Gasteiger partial charge in [-0.05, 0) is 48.8 Å². The maximum Gasteiger partial charge on any atom is 0.335 e. The minimum atomic E-state index is -0.928. The number of benzene rings is 1. The second-order valence-corrected chi connectivity index (χ2v) is 6.56. The van der Waals surface area contributed by atoms with Gasteiger partial charge in [0.1, 0.15) is 0 Å². The van der Waals surface area contributed by atoms with Gasteiger partial charge in [-0.1, -0.05) is 0 Å². The molecule has 1 saturated heterocycles. The molecule has 1 atom stereocenters. The highest BCUT2D eigenvalue weighted by atomic mass is 32.2. The number of nitrogens with zero attached hydrogens (tertiary/aromatic N) is 1. The number of fused-ring (bicyclic) bond motifs is 1. The lowest BCUT2D eigenvalue weighted by molar-refractivity contribution is 0.0696. The molecule has 3 rings (SSSR count). The molecule has 1 aromatic carbocycles. The number of rotatable bonds is 2. The van der Waals surface area contributed by atoms with Crippen LogP contribution in [0, 0.1) is 0 Å². The summed E-state index contributed by atoms with van der Waals surface area (Å²) in [6.07, 6.45) is 2.71. The summed E-state index contributed by atoms with van der Waals surface area (Å²) in [5.74, 6) is 1.15. The summed E-state index contributed by atoms with van der Waals surface area (Å²) in [4.78, 5) is 25.2. The number of aromatic carboxylic acids is 1. The van der Waals surface area contributed by atoms with E-state index in [-0.39, 0.29) is 17.6 Å². The fourth-order valence-electron chi connectivity index (χ4n) is 2.84. The first-order chi connectivity index (χ1) is 10.1. The molecule has 1 fully saturated rings. The monoisotopic (exact) mass is 306 g/mol. The number of carboxylic acid groups (broad SMARTS) is 1. The second-order valence-electron chi connectivity index (χ2n) is 5.41. The van der Waals surface area contributed by atoms with Crippen LogP contribution in [-0.2, 0) is 6.42 Å². The van der Waals surface area contributed by atoms with E-state index in [9.17, 15) is 9.59 Å². The molecule has 0 aromatic heterocycles. The van der Waals surface area contributed by atoms with Crippen molar-refractivity contribution in [1.29, 1.82) is 0 Å². The third kappa shape index (κ3) is 3.00. The summed E-state index contributed by atoms with van der Waals surface area (Å²) in [5, 5.41) is 12.1. The number of urea groups is 1. The lowest BCUT2D eigenvalue weighted by atomic mass is 9.99. The summed E-state index contributed by atoms with van der Waals surface area (Å²) >= 11 is 1.86. The van der Waals surface area contributed by atoms with Crippen LogP contribution in [0.5, 0.6) is 0 Å². The van der Waals surface area contributed by atoms with Crippen LogP contribution < -0.4 is 10.2 Å². The number of amides is 2. The number of hydrogen-bond acceptors (Lipinski definition) is 3. The summed E-state index contributed by atoms with van der Waals surface area (Å²) in [5.41, 5.74) is 2.06. The Morgan fingerprint density at radius 3 is 2.95 bits per heavy atom. The van der Waals surface area contributed by atoms with Crippen molar-refractivity contribution in [2.24, 2.45) is 0 Å². The van der Waals surface area contributed by atoms with Crippen LogP contribution in [0.25, 0.3) is 0 Å². The fraction of sp³-hybridized carbons (Fsp3) is 0.467. The van der Waals surface area contributed by atoms with E-state index in [0.717, 1.165) is 42.0 Å². The zero-order valence-electron chi connectivity index (χ0n) is 11.7. The van der Waals surface area contributed by atoms with Crippen molar-refractivity contribution in [3.8, 4) is 0 Å². The first-order valence-electron chi connectivity index (χ1n) is 7.17. The molecule has 2 aliphatic rings. The normalized spacial score (nSPS) is 21.0. The van der Waals surface area contributed by atoms with Gasteiger partial charge in [-0.3, -0.25) is 4.90 Å². The Labute approximate surface area is 127 Å². The minimum Gasteiger partial charge on any atom is -0.478 e. The average molecular weight is 306 g/mol. The van der Waals surface area contributed by atoms with Crippen molar-refractivity contribution in [1.82, 2.24) is 5.32 Å². The van der Waals surface area contributed by atoms with E-state index < -0.39 is 5.97 Å². The smallest absolute Gasteiger partial charge is 0.335 e. The zero-order chi connectivity index (χ0) is 14.8. The summed E-state index contributed by atoms with van der Waals surface area (Å²) in [6, 6.07) is 5.19. The number of anilines is 1. The van der Waals surface area contributed by atoms with Gasteiger partial charge in [-0.15, -0.1) is 0 Å². The molecular weight excluding hydrogens is 288 g/mol. The molecule has 2 N–H and O–H groups in total. The second kappa shape index (κ2) is 5.97. The predicted octanol–water partition coefficient (Wildman–Crippen LogP) is 2.35. The van der Waals surface area contributed by atoms with Crippen LogP contribution in [-0.4, -0.2) is 41.2 Å². The Morgan fingerprint density at radius 1 is 1.38 bits per heavy atom. The third-order valence-corrected chi connectivity index (χ3v) is 5.11. The van der Waals surface area contributed by atoms with Gasteiger partial charge in [0.15, 0.2) is 0 Å². The largest absolute Gasteiger partial charge is 0.478 e. The summed E-state index contributed by atoms with van der Waals surface area (Å²) in [7, 11) is 0. The molecule has 1 aromatic rings. The molecule has 21 heavy (non-hydrogen) atoms. The summed E-state index contributed by atoms with van der Waals surface area (Å²) in [6.45, 7) is 0.686. The average Bonchev–Trinajstić information content (AvgIpc) is 2.98. The van der Waals surface area contributed by atoms with E-state index in [1.165, 1.54) is 0 Å². The van der Waals surface area contributed by atoms with Crippen LogP contribution >= 0.6 is 11.8 Å². The molecule has 0 radical (unpaired) electrons. The van der Waals surface area contributed by atoms with Crippen molar-refractivity contribution >= 4 is 29.4 Å². The standard InChI is InChI=1S/C15H18N2O3S/c18-14(19)11-3-4-13-10(8-11)2-1-6-17(13)15(20)16-12-5-7-21-9-12/h3-4,8,12H,1-2,5-7,9H2,(H,16,20)(H,18,19). The minimum absolute atomic E-state index is 0.0634. The van der Waals surface area contributed by atoms with Crippen LogP contribution in [0.15, 0.2) is 18.2 Å². The van der Waals surface area contributed by atoms with Gasteiger partial charge in [0, 0.05) is 24.0 Å². The molecule has 5 nitrogen and oxygen atoms in total. The highest BCUT2D eigenvalue weighted by Crippen LogP contribution is 2.28. The van der Waals surface area contributed by atoms with Crippen molar-refractivity contribution in [3.05, 3.63) is 29.3 Å². The van der Waals surface area contributed by atoms with Gasteiger partial charge >= 0.3 is 12.0 Å². The number of thioether (sulfide) groups is 1. The molecule has 1 unspecified atom stereocenters. The Morgan fingerprint density at radius 2 is 2.24 bits per heavy atom. The van der Waals surface area contributed by atoms with E-state index >= 15 is 0 Å². The highest BCUT2D eigenvalue weighted by molar-refractivity contribution is 7.99. The number of hydrogen-bond donors (Lipinski definition) is 2. The highest BCUT2D eigenvalue weighted by Gasteiger charge is 2.26.